The van der Waals surface area contributed by atoms with Gasteiger partial charge < -0.3 is 44.4 Å². The van der Waals surface area contributed by atoms with Gasteiger partial charge in [-0.05, 0) is 19.8 Å². The minimum atomic E-state index is -6.03. The van der Waals surface area contributed by atoms with Crippen LogP contribution in [0.1, 0.15) is 19.8 Å². The first-order valence-electron chi connectivity index (χ1n) is 9.85. The summed E-state index contributed by atoms with van der Waals surface area (Å²) in [6.07, 6.45) is -4.89. The van der Waals surface area contributed by atoms with Gasteiger partial charge in [-0.1, -0.05) is 0 Å². The van der Waals surface area contributed by atoms with Crippen LogP contribution in [0, 0.1) is 0 Å². The zero-order valence-electron chi connectivity index (χ0n) is 18.2. The molecule has 19 nitrogen and oxygen atoms in total. The molecule has 36 heavy (non-hydrogen) atoms. The van der Waals surface area contributed by atoms with E-state index in [0.29, 0.717) is 12.8 Å². The molecule has 3 aliphatic rings. The molecule has 2 aliphatic heterocycles. The SMILES string of the molecule is CC1(O)COC(COP(=O)(O)OP(=O)(O)OP(=O)(O)OP(=O)(O)OC[C@H]2OC3(CC3)[C@H](O)[C@@H]2O)C1=O. The van der Waals surface area contributed by atoms with Crippen molar-refractivity contribution >= 4 is 37.1 Å². The van der Waals surface area contributed by atoms with Gasteiger partial charge in [0, 0.05) is 0 Å². The maximum Gasteiger partial charge on any atom is 0.490 e. The monoisotopic (exact) mass is 608 g/mol. The number of carbonyl (C=O) groups is 1. The Labute approximate surface area is 202 Å². The molecule has 0 bridgehead atoms. The normalized spacial score (nSPS) is 38.3. The molecule has 0 amide bonds. The van der Waals surface area contributed by atoms with E-state index in [2.05, 4.69) is 22.0 Å². The van der Waals surface area contributed by atoms with Gasteiger partial charge in [-0.25, -0.2) is 18.3 Å². The first-order chi connectivity index (χ1) is 16.2. The van der Waals surface area contributed by atoms with Crippen molar-refractivity contribution in [3.05, 3.63) is 0 Å². The van der Waals surface area contributed by atoms with Crippen LogP contribution in [-0.4, -0.2) is 96.1 Å². The van der Waals surface area contributed by atoms with Gasteiger partial charge in [0.15, 0.2) is 5.78 Å². The van der Waals surface area contributed by atoms with Crippen molar-refractivity contribution in [1.29, 1.82) is 0 Å². The smallest absolute Gasteiger partial charge is 0.387 e. The van der Waals surface area contributed by atoms with Crippen molar-refractivity contribution in [2.45, 2.75) is 55.4 Å². The summed E-state index contributed by atoms with van der Waals surface area (Å²) in [7, 11) is -23.2. The lowest BCUT2D eigenvalue weighted by atomic mass is 10.0. The maximum absolute atomic E-state index is 11.9. The highest BCUT2D eigenvalue weighted by Gasteiger charge is 2.61. The lowest BCUT2D eigenvalue weighted by molar-refractivity contribution is -0.133. The summed E-state index contributed by atoms with van der Waals surface area (Å²) >= 11 is 0. The first-order valence-corrected chi connectivity index (χ1v) is 15.8. The Morgan fingerprint density at radius 1 is 0.889 bits per heavy atom. The summed E-state index contributed by atoms with van der Waals surface area (Å²) in [5.74, 6) is -0.935. The van der Waals surface area contributed by atoms with Gasteiger partial charge in [-0.2, -0.15) is 12.9 Å². The Morgan fingerprint density at radius 2 is 1.36 bits per heavy atom. The number of phosphoric ester groups is 2. The predicted molar refractivity (Wildman–Crippen MR) is 109 cm³/mol. The third-order valence-corrected chi connectivity index (χ3v) is 11.1. The van der Waals surface area contributed by atoms with E-state index in [9.17, 15) is 57.9 Å². The molecule has 2 heterocycles. The highest BCUT2D eigenvalue weighted by molar-refractivity contribution is 7.69. The lowest BCUT2D eigenvalue weighted by Gasteiger charge is -2.21. The minimum absolute atomic E-state index is 0.406. The number of Topliss-reactive ketones (excluding diaryl/α,β-unsaturated/α-hetero) is 1. The van der Waals surface area contributed by atoms with Gasteiger partial charge in [0.05, 0.1) is 25.4 Å². The van der Waals surface area contributed by atoms with Gasteiger partial charge in [0.1, 0.15) is 30.0 Å². The maximum atomic E-state index is 11.9. The predicted octanol–water partition coefficient (Wildman–Crippen LogP) is -1.16. The Hall–Kier alpha value is 0.0300. The molecule has 1 aliphatic carbocycles. The van der Waals surface area contributed by atoms with E-state index in [1.54, 1.807) is 0 Å². The van der Waals surface area contributed by atoms with Gasteiger partial charge in [0.25, 0.3) is 0 Å². The number of hydrogen-bond acceptors (Lipinski definition) is 15. The van der Waals surface area contributed by atoms with Gasteiger partial charge in [-0.15, -0.1) is 0 Å². The van der Waals surface area contributed by atoms with E-state index in [0.717, 1.165) is 6.92 Å². The van der Waals surface area contributed by atoms with Crippen LogP contribution in [0.4, 0.5) is 0 Å². The Kier molecular flexibility index (Phi) is 8.67. The Bertz CT molecular complexity index is 1050. The number of carbonyl (C=O) groups excluding carboxylic acids is 1. The average Bonchev–Trinajstić information content (AvgIpc) is 3.36. The summed E-state index contributed by atoms with van der Waals surface area (Å²) in [6, 6.07) is 0. The van der Waals surface area contributed by atoms with Crippen molar-refractivity contribution < 1.29 is 89.4 Å². The number of aliphatic hydroxyl groups excluding tert-OH is 2. The van der Waals surface area contributed by atoms with E-state index in [1.165, 1.54) is 0 Å². The third-order valence-electron chi connectivity index (χ3n) is 5.17. The highest BCUT2D eigenvalue weighted by atomic mass is 31.3. The first kappa shape index (κ1) is 30.6. The lowest BCUT2D eigenvalue weighted by Crippen LogP contribution is -2.37. The molecule has 1 saturated carbocycles. The van der Waals surface area contributed by atoms with Crippen molar-refractivity contribution in [2.24, 2.45) is 0 Å². The Morgan fingerprint density at radius 3 is 1.78 bits per heavy atom. The molecule has 3 rings (SSSR count). The van der Waals surface area contributed by atoms with E-state index in [1.807, 2.05) is 0 Å². The molecular weight excluding hydrogens is 584 g/mol. The summed E-state index contributed by atoms with van der Waals surface area (Å²) in [6.45, 7) is -1.34. The van der Waals surface area contributed by atoms with Crippen LogP contribution in [0.2, 0.25) is 0 Å². The molecule has 23 heteroatoms. The molecule has 0 radical (unpaired) electrons. The van der Waals surface area contributed by atoms with Crippen LogP contribution in [0.3, 0.4) is 0 Å². The van der Waals surface area contributed by atoms with Crippen molar-refractivity contribution in [3.63, 3.8) is 0 Å². The summed E-state index contributed by atoms with van der Waals surface area (Å²) < 4.78 is 77.7. The van der Waals surface area contributed by atoms with Crippen LogP contribution in [0.15, 0.2) is 0 Å². The number of rotatable bonds is 12. The van der Waals surface area contributed by atoms with Crippen molar-refractivity contribution in [1.82, 2.24) is 0 Å². The van der Waals surface area contributed by atoms with Crippen LogP contribution in [0.25, 0.3) is 0 Å². The van der Waals surface area contributed by atoms with Gasteiger partial charge in [0.2, 0.25) is 0 Å². The second kappa shape index (κ2) is 10.2. The summed E-state index contributed by atoms with van der Waals surface area (Å²) in [5.41, 5.74) is -2.94. The molecule has 0 aromatic carbocycles. The number of phosphoric acid groups is 4. The molecule has 3 fully saturated rings. The fraction of sp³-hybridized carbons (Fsp3) is 0.923. The molecule has 2 saturated heterocycles. The molecular formula is C13H24O19P4. The van der Waals surface area contributed by atoms with E-state index in [-0.39, 0.29) is 0 Å². The quantitative estimate of drug-likeness (QED) is 0.129. The topological polar surface area (TPSA) is 292 Å². The number of ether oxygens (including phenoxy) is 2. The van der Waals surface area contributed by atoms with Crippen LogP contribution < -0.4 is 0 Å². The van der Waals surface area contributed by atoms with Crippen LogP contribution >= 0.6 is 31.3 Å². The molecule has 9 atom stereocenters. The zero-order valence-corrected chi connectivity index (χ0v) is 21.7. The molecule has 7 N–H and O–H groups in total. The highest BCUT2D eigenvalue weighted by Crippen LogP contribution is 2.71. The summed E-state index contributed by atoms with van der Waals surface area (Å²) in [4.78, 5) is 49.9. The van der Waals surface area contributed by atoms with E-state index in [4.69, 9.17) is 9.47 Å². The zero-order chi connectivity index (χ0) is 27.4. The van der Waals surface area contributed by atoms with Gasteiger partial charge >= 0.3 is 31.3 Å². The summed E-state index contributed by atoms with van der Waals surface area (Å²) in [5, 5.41) is 29.4. The second-order valence-electron chi connectivity index (χ2n) is 8.30. The van der Waals surface area contributed by atoms with Gasteiger partial charge in [-0.3, -0.25) is 13.8 Å². The molecule has 0 aromatic heterocycles. The molecule has 210 valence electrons. The minimum Gasteiger partial charge on any atom is -0.387 e. The number of hydrogen-bond donors (Lipinski definition) is 7. The average molecular weight is 608 g/mol. The van der Waals surface area contributed by atoms with Crippen molar-refractivity contribution in [2.75, 3.05) is 19.8 Å². The van der Waals surface area contributed by atoms with E-state index < -0.39 is 92.5 Å². The standard InChI is InChI=1S/C13H24O19P4/c1-12(17)6-26-8(10(12)15)5-28-34(20,21)31-36(24,25)32-35(22,23)30-33(18,19)27-4-7-9(14)11(16)13(29-7)2-3-13/h7-9,11,14,16-17H,2-6H2,1H3,(H,18,19)(H,20,21)(H,22,23)(H,24,25)/t7-,8?,9-,11-,12?/m1/s1. The van der Waals surface area contributed by atoms with Crippen LogP contribution in [-0.2, 0) is 54.5 Å². The van der Waals surface area contributed by atoms with Crippen molar-refractivity contribution in [3.8, 4) is 0 Å². The van der Waals surface area contributed by atoms with Crippen LogP contribution in [0.5, 0.6) is 0 Å². The fourth-order valence-corrected chi connectivity index (χ4v) is 8.24. The molecule has 6 unspecified atom stereocenters. The molecule has 1 spiro atoms. The number of aliphatic hydroxyl groups is 3. The largest absolute Gasteiger partial charge is 0.490 e. The molecule has 0 aromatic rings. The Balaban J connectivity index is 1.50. The third kappa shape index (κ3) is 7.57. The van der Waals surface area contributed by atoms with E-state index >= 15 is 0 Å². The second-order valence-corrected chi connectivity index (χ2v) is 14.5. The number of ketones is 1. The fourth-order valence-electron chi connectivity index (χ4n) is 3.30.